The van der Waals surface area contributed by atoms with E-state index in [1.807, 2.05) is 22.7 Å². The number of anilines is 2. The van der Waals surface area contributed by atoms with E-state index < -0.39 is 0 Å². The first-order valence-corrected chi connectivity index (χ1v) is 12.8. The summed E-state index contributed by atoms with van der Waals surface area (Å²) < 4.78 is 20.7. The Bertz CT molecular complexity index is 1260. The lowest BCUT2D eigenvalue weighted by Gasteiger charge is -2.34. The number of ether oxygens (including phenoxy) is 1. The third-order valence-electron chi connectivity index (χ3n) is 5.87. The normalized spacial score (nSPS) is 15.0. The van der Waals surface area contributed by atoms with Crippen LogP contribution in [-0.2, 0) is 0 Å². The molecule has 0 bridgehead atoms. The lowest BCUT2D eigenvalue weighted by molar-refractivity contribution is 0.200. The molecule has 9 heteroatoms. The fourth-order valence-electron chi connectivity index (χ4n) is 4.12. The first kappa shape index (κ1) is 23.6. The summed E-state index contributed by atoms with van der Waals surface area (Å²) in [6.45, 7) is 11.6. The van der Waals surface area contributed by atoms with Crippen LogP contribution in [0, 0.1) is 5.82 Å². The van der Waals surface area contributed by atoms with Crippen LogP contribution in [0.2, 0.25) is 0 Å². The number of nitrogens with one attached hydrogen (secondary N) is 1. The molecule has 1 N–H and O–H groups in total. The van der Waals surface area contributed by atoms with Gasteiger partial charge in [0, 0.05) is 43.8 Å². The first-order valence-electron chi connectivity index (χ1n) is 11.9. The van der Waals surface area contributed by atoms with Gasteiger partial charge in [-0.1, -0.05) is 41.7 Å². The zero-order valence-electron chi connectivity index (χ0n) is 20.4. The van der Waals surface area contributed by atoms with E-state index in [1.54, 1.807) is 23.5 Å². The quantitative estimate of drug-likeness (QED) is 0.390. The van der Waals surface area contributed by atoms with Crippen molar-refractivity contribution < 1.29 is 9.13 Å². The highest BCUT2D eigenvalue weighted by Gasteiger charge is 2.25. The predicted molar refractivity (Wildman–Crippen MR) is 140 cm³/mol. The van der Waals surface area contributed by atoms with Crippen molar-refractivity contribution in [2.45, 2.75) is 26.3 Å². The Morgan fingerprint density at radius 1 is 1.00 bits per heavy atom. The number of rotatable bonds is 7. The lowest BCUT2D eigenvalue weighted by atomic mass is 10.1. The maximum Gasteiger partial charge on any atom is 0.216 e. The molecule has 0 amide bonds. The summed E-state index contributed by atoms with van der Waals surface area (Å²) in [5.74, 6) is 1.38. The number of hydrogen-bond acceptors (Lipinski definition) is 7. The Labute approximate surface area is 209 Å². The predicted octanol–water partition coefficient (Wildman–Crippen LogP) is 5.01. The molecule has 0 radical (unpaired) electrons. The second-order valence-corrected chi connectivity index (χ2v) is 10.7. The Hall–Kier alpha value is -3.17. The second-order valence-electron chi connectivity index (χ2n) is 9.76. The highest BCUT2D eigenvalue weighted by atomic mass is 32.1. The minimum Gasteiger partial charge on any atom is -0.492 e. The highest BCUT2D eigenvalue weighted by Crippen LogP contribution is 2.34. The molecule has 2 aromatic carbocycles. The van der Waals surface area contributed by atoms with E-state index in [0.717, 1.165) is 59.9 Å². The van der Waals surface area contributed by atoms with E-state index in [0.29, 0.717) is 12.4 Å². The van der Waals surface area contributed by atoms with Gasteiger partial charge in [-0.05, 0) is 45.0 Å². The summed E-state index contributed by atoms with van der Waals surface area (Å²) >= 11 is 1.63. The summed E-state index contributed by atoms with van der Waals surface area (Å²) in [6, 6.07) is 16.4. The average Bonchev–Trinajstić information content (AvgIpc) is 3.40. The largest absolute Gasteiger partial charge is 0.492 e. The number of benzene rings is 2. The van der Waals surface area contributed by atoms with Crippen molar-refractivity contribution >= 4 is 27.2 Å². The third-order valence-corrected chi connectivity index (χ3v) is 6.84. The van der Waals surface area contributed by atoms with Crippen molar-refractivity contribution in [1.29, 1.82) is 0 Å². The maximum absolute atomic E-state index is 13.0. The van der Waals surface area contributed by atoms with Gasteiger partial charge in [0.25, 0.3) is 0 Å². The van der Waals surface area contributed by atoms with E-state index in [-0.39, 0.29) is 11.4 Å². The third kappa shape index (κ3) is 5.57. The minimum atomic E-state index is -0.249. The molecule has 1 aliphatic rings. The molecular formula is C26H31FN6OS. The fourth-order valence-corrected chi connectivity index (χ4v) is 5.07. The number of imidazole rings is 1. The van der Waals surface area contributed by atoms with Gasteiger partial charge in [-0.25, -0.2) is 9.37 Å². The van der Waals surface area contributed by atoms with Gasteiger partial charge in [0.2, 0.25) is 10.1 Å². The molecule has 0 spiro atoms. The minimum absolute atomic E-state index is 0.120. The number of nitrogens with zero attached hydrogens (tertiary/aromatic N) is 5. The molecular weight excluding hydrogens is 463 g/mol. The van der Waals surface area contributed by atoms with Crippen LogP contribution >= 0.6 is 11.3 Å². The van der Waals surface area contributed by atoms with Crippen molar-refractivity contribution in [2.24, 2.45) is 0 Å². The van der Waals surface area contributed by atoms with Crippen LogP contribution in [0.15, 0.2) is 54.6 Å². The van der Waals surface area contributed by atoms with Crippen molar-refractivity contribution in [2.75, 3.05) is 49.5 Å². The van der Waals surface area contributed by atoms with Crippen LogP contribution in [0.25, 0.3) is 16.2 Å². The number of fused-ring (bicyclic) bond motifs is 1. The maximum atomic E-state index is 13.0. The molecule has 35 heavy (non-hydrogen) atoms. The lowest BCUT2D eigenvalue weighted by Crippen LogP contribution is -2.47. The van der Waals surface area contributed by atoms with Crippen LogP contribution in [-0.4, -0.2) is 64.4 Å². The summed E-state index contributed by atoms with van der Waals surface area (Å²) in [5.41, 5.74) is 1.89. The van der Waals surface area contributed by atoms with Gasteiger partial charge in [0.05, 0.1) is 0 Å². The Kier molecular flexibility index (Phi) is 6.62. The number of piperazine rings is 1. The molecule has 184 valence electrons. The van der Waals surface area contributed by atoms with Gasteiger partial charge in [-0.15, -0.1) is 5.10 Å². The van der Waals surface area contributed by atoms with Crippen molar-refractivity contribution in [3.8, 4) is 17.0 Å². The van der Waals surface area contributed by atoms with E-state index in [4.69, 9.17) is 14.8 Å². The summed E-state index contributed by atoms with van der Waals surface area (Å²) in [5, 5.41) is 9.57. The smallest absolute Gasteiger partial charge is 0.216 e. The topological polar surface area (TPSA) is 57.9 Å². The van der Waals surface area contributed by atoms with Gasteiger partial charge >= 0.3 is 0 Å². The van der Waals surface area contributed by atoms with E-state index in [1.165, 1.54) is 12.1 Å². The van der Waals surface area contributed by atoms with Crippen molar-refractivity contribution in [1.82, 2.24) is 19.5 Å². The summed E-state index contributed by atoms with van der Waals surface area (Å²) in [7, 11) is 0. The van der Waals surface area contributed by atoms with Crippen LogP contribution in [0.5, 0.6) is 5.75 Å². The number of aromatic nitrogens is 3. The van der Waals surface area contributed by atoms with E-state index in [2.05, 4.69) is 48.0 Å². The molecule has 0 saturated carbocycles. The number of hydrogen-bond donors (Lipinski definition) is 1. The molecule has 0 aliphatic carbocycles. The summed E-state index contributed by atoms with van der Waals surface area (Å²) in [6.07, 6.45) is 0. The van der Waals surface area contributed by atoms with Crippen LogP contribution in [0.4, 0.5) is 15.3 Å². The SMILES string of the molecule is CC(C)(C)Nc1c(-c2ccccc2)nc2sc(N3CCN(CCOc4ccc(F)cc4)CC3)nn12. The molecule has 4 aromatic rings. The Morgan fingerprint density at radius 2 is 1.71 bits per heavy atom. The van der Waals surface area contributed by atoms with Gasteiger partial charge in [-0.2, -0.15) is 4.52 Å². The molecule has 2 aromatic heterocycles. The molecule has 5 rings (SSSR count). The van der Waals surface area contributed by atoms with Crippen molar-refractivity contribution in [3.63, 3.8) is 0 Å². The van der Waals surface area contributed by atoms with Gasteiger partial charge in [0.15, 0.2) is 5.82 Å². The molecule has 0 unspecified atom stereocenters. The van der Waals surface area contributed by atoms with Crippen molar-refractivity contribution in [3.05, 3.63) is 60.4 Å². The van der Waals surface area contributed by atoms with Crippen LogP contribution in [0.1, 0.15) is 20.8 Å². The first-order chi connectivity index (χ1) is 16.9. The van der Waals surface area contributed by atoms with Crippen LogP contribution in [0.3, 0.4) is 0 Å². The average molecular weight is 495 g/mol. The molecule has 1 saturated heterocycles. The molecule has 1 aliphatic heterocycles. The van der Waals surface area contributed by atoms with Gasteiger partial charge in [0.1, 0.15) is 23.9 Å². The molecule has 3 heterocycles. The summed E-state index contributed by atoms with van der Waals surface area (Å²) in [4.78, 5) is 10.6. The van der Waals surface area contributed by atoms with E-state index in [9.17, 15) is 4.39 Å². The Morgan fingerprint density at radius 3 is 2.40 bits per heavy atom. The van der Waals surface area contributed by atoms with Gasteiger partial charge in [-0.3, -0.25) is 4.90 Å². The highest BCUT2D eigenvalue weighted by molar-refractivity contribution is 7.20. The zero-order chi connectivity index (χ0) is 24.4. The molecule has 7 nitrogen and oxygen atoms in total. The number of halogens is 1. The molecule has 1 fully saturated rings. The van der Waals surface area contributed by atoms with Gasteiger partial charge < -0.3 is 15.0 Å². The van der Waals surface area contributed by atoms with E-state index >= 15 is 0 Å². The monoisotopic (exact) mass is 494 g/mol. The molecule has 0 atom stereocenters. The second kappa shape index (κ2) is 9.83. The van der Waals surface area contributed by atoms with Crippen LogP contribution < -0.4 is 15.0 Å². The standard InChI is InChI=1S/C26H31FN6OS/c1-26(2,3)29-23-22(19-7-5-4-6-8-19)28-24-33(23)30-25(35-24)32-15-13-31(14-16-32)17-18-34-21-11-9-20(27)10-12-21/h4-12,29H,13-18H2,1-3H3. The Balaban J connectivity index is 1.25. The fraction of sp³-hybridized carbons (Fsp3) is 0.385. The zero-order valence-corrected chi connectivity index (χ0v) is 21.2.